The Morgan fingerprint density at radius 2 is 2.42 bits per heavy atom. The fourth-order valence-corrected chi connectivity index (χ4v) is 2.02. The SMILES string of the molecule is CCOC(C)CNC(=O)c1cccc2c1OCCN2. The highest BCUT2D eigenvalue weighted by Gasteiger charge is 2.19. The van der Waals surface area contributed by atoms with Crippen molar-refractivity contribution in [2.75, 3.05) is 31.6 Å². The molecule has 5 nitrogen and oxygen atoms in total. The summed E-state index contributed by atoms with van der Waals surface area (Å²) in [6.45, 7) is 6.34. The topological polar surface area (TPSA) is 59.6 Å². The summed E-state index contributed by atoms with van der Waals surface area (Å²) in [7, 11) is 0. The normalized spacial score (nSPS) is 14.8. The summed E-state index contributed by atoms with van der Waals surface area (Å²) < 4.78 is 11.0. The second kappa shape index (κ2) is 6.43. The Labute approximate surface area is 113 Å². The molecule has 0 bridgehead atoms. The Morgan fingerprint density at radius 1 is 1.58 bits per heavy atom. The van der Waals surface area contributed by atoms with Crippen molar-refractivity contribution < 1.29 is 14.3 Å². The molecule has 5 heteroatoms. The summed E-state index contributed by atoms with van der Waals surface area (Å²) in [5, 5.41) is 6.08. The molecule has 0 aliphatic carbocycles. The average Bonchev–Trinajstić information content (AvgIpc) is 2.44. The van der Waals surface area contributed by atoms with Crippen LogP contribution in [0.15, 0.2) is 18.2 Å². The first-order chi connectivity index (χ1) is 9.22. The monoisotopic (exact) mass is 264 g/mol. The molecule has 1 aromatic carbocycles. The van der Waals surface area contributed by atoms with Gasteiger partial charge in [-0.2, -0.15) is 0 Å². The van der Waals surface area contributed by atoms with Crippen LogP contribution in [0.2, 0.25) is 0 Å². The molecular formula is C14H20N2O3. The molecule has 104 valence electrons. The zero-order valence-electron chi connectivity index (χ0n) is 11.4. The van der Waals surface area contributed by atoms with Gasteiger partial charge < -0.3 is 20.1 Å². The molecule has 1 aliphatic rings. The molecule has 0 aromatic heterocycles. The van der Waals surface area contributed by atoms with E-state index in [1.165, 1.54) is 0 Å². The van der Waals surface area contributed by atoms with E-state index in [1.807, 2.05) is 26.0 Å². The van der Waals surface area contributed by atoms with E-state index >= 15 is 0 Å². The van der Waals surface area contributed by atoms with Gasteiger partial charge in [0.1, 0.15) is 6.61 Å². The molecule has 19 heavy (non-hydrogen) atoms. The fourth-order valence-electron chi connectivity index (χ4n) is 2.02. The summed E-state index contributed by atoms with van der Waals surface area (Å²) in [4.78, 5) is 12.2. The number of rotatable bonds is 5. The van der Waals surface area contributed by atoms with E-state index in [0.29, 0.717) is 31.1 Å². The zero-order valence-corrected chi connectivity index (χ0v) is 11.4. The lowest BCUT2D eigenvalue weighted by atomic mass is 10.1. The molecule has 1 atom stereocenters. The van der Waals surface area contributed by atoms with Crippen LogP contribution in [0.3, 0.4) is 0 Å². The van der Waals surface area contributed by atoms with Gasteiger partial charge in [0.25, 0.3) is 5.91 Å². The maximum Gasteiger partial charge on any atom is 0.255 e. The van der Waals surface area contributed by atoms with E-state index < -0.39 is 0 Å². The van der Waals surface area contributed by atoms with Crippen molar-refractivity contribution in [3.8, 4) is 5.75 Å². The van der Waals surface area contributed by atoms with Crippen LogP contribution in [0, 0.1) is 0 Å². The summed E-state index contributed by atoms with van der Waals surface area (Å²) in [5.74, 6) is 0.502. The van der Waals surface area contributed by atoms with Crippen molar-refractivity contribution in [3.05, 3.63) is 23.8 Å². The Bertz CT molecular complexity index is 448. The van der Waals surface area contributed by atoms with Crippen LogP contribution in [0.25, 0.3) is 0 Å². The maximum atomic E-state index is 12.2. The number of amides is 1. The van der Waals surface area contributed by atoms with Crippen LogP contribution >= 0.6 is 0 Å². The quantitative estimate of drug-likeness (QED) is 0.849. The average molecular weight is 264 g/mol. The second-order valence-electron chi connectivity index (χ2n) is 4.43. The number of anilines is 1. The molecular weight excluding hydrogens is 244 g/mol. The number of nitrogens with one attached hydrogen (secondary N) is 2. The lowest BCUT2D eigenvalue weighted by Crippen LogP contribution is -2.33. The molecule has 1 aliphatic heterocycles. The van der Waals surface area contributed by atoms with Crippen LogP contribution in [0.5, 0.6) is 5.75 Å². The molecule has 0 saturated heterocycles. The van der Waals surface area contributed by atoms with E-state index in [9.17, 15) is 4.79 Å². The van der Waals surface area contributed by atoms with E-state index in [2.05, 4.69) is 10.6 Å². The highest BCUT2D eigenvalue weighted by Crippen LogP contribution is 2.30. The van der Waals surface area contributed by atoms with Crippen molar-refractivity contribution in [3.63, 3.8) is 0 Å². The minimum absolute atomic E-state index is 0.00697. The summed E-state index contributed by atoms with van der Waals surface area (Å²) in [5.41, 5.74) is 1.44. The van der Waals surface area contributed by atoms with E-state index in [4.69, 9.17) is 9.47 Å². The van der Waals surface area contributed by atoms with Gasteiger partial charge in [-0.25, -0.2) is 0 Å². The Balaban J connectivity index is 2.03. The van der Waals surface area contributed by atoms with Gasteiger partial charge in [0.15, 0.2) is 5.75 Å². The minimum atomic E-state index is -0.132. The first kappa shape index (κ1) is 13.7. The lowest BCUT2D eigenvalue weighted by molar-refractivity contribution is 0.0693. The molecule has 2 N–H and O–H groups in total. The summed E-state index contributed by atoms with van der Waals surface area (Å²) >= 11 is 0. The van der Waals surface area contributed by atoms with Gasteiger partial charge in [0, 0.05) is 19.7 Å². The highest BCUT2D eigenvalue weighted by atomic mass is 16.5. The number of benzene rings is 1. The number of fused-ring (bicyclic) bond motifs is 1. The third-order valence-electron chi connectivity index (χ3n) is 2.92. The second-order valence-corrected chi connectivity index (χ2v) is 4.43. The minimum Gasteiger partial charge on any atom is -0.489 e. The molecule has 0 saturated carbocycles. The molecule has 1 aromatic rings. The number of carbonyl (C=O) groups excluding carboxylic acids is 1. The number of hydrogen-bond acceptors (Lipinski definition) is 4. The maximum absolute atomic E-state index is 12.2. The lowest BCUT2D eigenvalue weighted by Gasteiger charge is -2.21. The Hall–Kier alpha value is -1.75. The number of para-hydroxylation sites is 1. The number of hydrogen-bond donors (Lipinski definition) is 2. The third-order valence-corrected chi connectivity index (χ3v) is 2.92. The molecule has 1 heterocycles. The van der Waals surface area contributed by atoms with Gasteiger partial charge in [-0.15, -0.1) is 0 Å². The first-order valence-corrected chi connectivity index (χ1v) is 6.62. The first-order valence-electron chi connectivity index (χ1n) is 6.62. The van der Waals surface area contributed by atoms with Crippen LogP contribution in [0.4, 0.5) is 5.69 Å². The zero-order chi connectivity index (χ0) is 13.7. The number of ether oxygens (including phenoxy) is 2. The Kier molecular flexibility index (Phi) is 4.63. The van der Waals surface area contributed by atoms with Gasteiger partial charge >= 0.3 is 0 Å². The van der Waals surface area contributed by atoms with Crippen LogP contribution in [0.1, 0.15) is 24.2 Å². The standard InChI is InChI=1S/C14H20N2O3/c1-3-18-10(2)9-16-14(17)11-5-4-6-12-13(11)19-8-7-15-12/h4-6,10,15H,3,7-9H2,1-2H3,(H,16,17). The van der Waals surface area contributed by atoms with Gasteiger partial charge in [0.2, 0.25) is 0 Å². The van der Waals surface area contributed by atoms with Crippen molar-refractivity contribution in [2.24, 2.45) is 0 Å². The van der Waals surface area contributed by atoms with Crippen molar-refractivity contribution >= 4 is 11.6 Å². The van der Waals surface area contributed by atoms with Crippen molar-refractivity contribution in [2.45, 2.75) is 20.0 Å². The van der Waals surface area contributed by atoms with E-state index in [0.717, 1.165) is 12.2 Å². The van der Waals surface area contributed by atoms with Gasteiger partial charge in [0.05, 0.1) is 17.4 Å². The summed E-state index contributed by atoms with van der Waals surface area (Å²) in [6, 6.07) is 5.53. The Morgan fingerprint density at radius 3 is 3.21 bits per heavy atom. The third kappa shape index (κ3) is 3.38. The predicted molar refractivity (Wildman–Crippen MR) is 73.8 cm³/mol. The largest absolute Gasteiger partial charge is 0.489 e. The van der Waals surface area contributed by atoms with Crippen LogP contribution in [-0.4, -0.2) is 38.3 Å². The van der Waals surface area contributed by atoms with Gasteiger partial charge in [-0.3, -0.25) is 4.79 Å². The molecule has 1 unspecified atom stereocenters. The van der Waals surface area contributed by atoms with E-state index in [-0.39, 0.29) is 12.0 Å². The predicted octanol–water partition coefficient (Wildman–Crippen LogP) is 1.65. The molecule has 0 spiro atoms. The highest BCUT2D eigenvalue weighted by molar-refractivity contribution is 5.99. The number of carbonyl (C=O) groups is 1. The fraction of sp³-hybridized carbons (Fsp3) is 0.500. The summed E-state index contributed by atoms with van der Waals surface area (Å²) in [6.07, 6.45) is 0.00697. The van der Waals surface area contributed by atoms with Crippen LogP contribution in [-0.2, 0) is 4.74 Å². The molecule has 1 amide bonds. The van der Waals surface area contributed by atoms with Crippen molar-refractivity contribution in [1.82, 2.24) is 5.32 Å². The van der Waals surface area contributed by atoms with Crippen molar-refractivity contribution in [1.29, 1.82) is 0 Å². The molecule has 0 fully saturated rings. The smallest absolute Gasteiger partial charge is 0.255 e. The van der Waals surface area contributed by atoms with Gasteiger partial charge in [-0.1, -0.05) is 6.07 Å². The van der Waals surface area contributed by atoms with Gasteiger partial charge in [-0.05, 0) is 26.0 Å². The van der Waals surface area contributed by atoms with Crippen LogP contribution < -0.4 is 15.4 Å². The molecule has 0 radical (unpaired) electrons. The molecule has 2 rings (SSSR count). The van der Waals surface area contributed by atoms with E-state index in [1.54, 1.807) is 6.07 Å².